The fourth-order valence-electron chi connectivity index (χ4n) is 1.91. The molecule has 2 N–H and O–H groups in total. The Hall–Kier alpha value is -1.19. The van der Waals surface area contributed by atoms with Crippen molar-refractivity contribution in [2.45, 2.75) is 38.6 Å². The largest absolute Gasteiger partial charge is 0.324 e. The molecule has 0 saturated heterocycles. The third-order valence-electron chi connectivity index (χ3n) is 3.11. The van der Waals surface area contributed by atoms with Gasteiger partial charge in [-0.3, -0.25) is 4.98 Å². The molecule has 2 rings (SSSR count). The van der Waals surface area contributed by atoms with Gasteiger partial charge in [0.25, 0.3) is 0 Å². The lowest BCUT2D eigenvalue weighted by atomic mass is 9.86. The molecule has 1 unspecified atom stereocenters. The number of benzene rings is 1. The van der Waals surface area contributed by atoms with Crippen LogP contribution in [-0.2, 0) is 11.8 Å². The molecule has 0 aliphatic carbocycles. The van der Waals surface area contributed by atoms with E-state index >= 15 is 0 Å². The molecule has 0 spiro atoms. The molecule has 0 aliphatic rings. The Morgan fingerprint density at radius 3 is 2.39 bits per heavy atom. The highest BCUT2D eigenvalue weighted by atomic mass is 32.1. The van der Waals surface area contributed by atoms with Gasteiger partial charge < -0.3 is 5.73 Å². The number of aromatic nitrogens is 1. The summed E-state index contributed by atoms with van der Waals surface area (Å²) in [5.74, 6) is 0. The fraction of sp³-hybridized carbons (Fsp3) is 0.400. The Balaban J connectivity index is 2.10. The SMILES string of the molecule is CC(C)(C)c1ccc(C(N)Cc2cncs2)cc1. The Labute approximate surface area is 113 Å². The number of thiazole rings is 1. The molecule has 18 heavy (non-hydrogen) atoms. The second kappa shape index (κ2) is 5.21. The molecule has 96 valence electrons. The Morgan fingerprint density at radius 1 is 1.22 bits per heavy atom. The van der Waals surface area contributed by atoms with Crippen LogP contribution in [-0.4, -0.2) is 4.98 Å². The Kier molecular flexibility index (Phi) is 3.83. The van der Waals surface area contributed by atoms with Crippen LogP contribution in [0.25, 0.3) is 0 Å². The van der Waals surface area contributed by atoms with Crippen LogP contribution in [0.2, 0.25) is 0 Å². The molecule has 0 amide bonds. The smallest absolute Gasteiger partial charge is 0.0794 e. The zero-order chi connectivity index (χ0) is 13.2. The van der Waals surface area contributed by atoms with E-state index in [1.165, 1.54) is 16.0 Å². The molecular weight excluding hydrogens is 240 g/mol. The molecule has 1 heterocycles. The normalized spacial score (nSPS) is 13.6. The molecular formula is C15H20N2S. The van der Waals surface area contributed by atoms with Crippen molar-refractivity contribution in [3.05, 3.63) is 52.0 Å². The standard InChI is InChI=1S/C15H20N2S/c1-15(2,3)12-6-4-11(5-7-12)14(16)8-13-9-17-10-18-13/h4-7,9-10,14H,8,16H2,1-3H3. The van der Waals surface area contributed by atoms with E-state index in [1.807, 2.05) is 11.7 Å². The number of nitrogens with zero attached hydrogens (tertiary/aromatic N) is 1. The van der Waals surface area contributed by atoms with Crippen molar-refractivity contribution in [2.24, 2.45) is 5.73 Å². The van der Waals surface area contributed by atoms with Crippen LogP contribution in [0.1, 0.15) is 42.8 Å². The summed E-state index contributed by atoms with van der Waals surface area (Å²) >= 11 is 1.66. The summed E-state index contributed by atoms with van der Waals surface area (Å²) in [6.45, 7) is 6.66. The van der Waals surface area contributed by atoms with E-state index in [9.17, 15) is 0 Å². The molecule has 0 saturated carbocycles. The molecule has 0 aliphatic heterocycles. The average Bonchev–Trinajstić information content (AvgIpc) is 2.81. The van der Waals surface area contributed by atoms with E-state index in [0.717, 1.165) is 6.42 Å². The summed E-state index contributed by atoms with van der Waals surface area (Å²) in [5, 5.41) is 0. The van der Waals surface area contributed by atoms with Crippen molar-refractivity contribution in [1.82, 2.24) is 4.98 Å². The van der Waals surface area contributed by atoms with Crippen LogP contribution in [0.5, 0.6) is 0 Å². The van der Waals surface area contributed by atoms with Gasteiger partial charge in [0.15, 0.2) is 0 Å². The van der Waals surface area contributed by atoms with Gasteiger partial charge in [-0.1, -0.05) is 45.0 Å². The van der Waals surface area contributed by atoms with E-state index in [1.54, 1.807) is 11.3 Å². The third-order valence-corrected chi connectivity index (χ3v) is 3.91. The van der Waals surface area contributed by atoms with Gasteiger partial charge in [-0.15, -0.1) is 11.3 Å². The van der Waals surface area contributed by atoms with Gasteiger partial charge in [0.2, 0.25) is 0 Å². The average molecular weight is 260 g/mol. The van der Waals surface area contributed by atoms with E-state index in [0.29, 0.717) is 0 Å². The maximum atomic E-state index is 6.22. The van der Waals surface area contributed by atoms with Crippen LogP contribution in [0, 0.1) is 0 Å². The van der Waals surface area contributed by atoms with Gasteiger partial charge in [-0.2, -0.15) is 0 Å². The van der Waals surface area contributed by atoms with Gasteiger partial charge in [-0.25, -0.2) is 0 Å². The first-order valence-electron chi connectivity index (χ1n) is 6.20. The zero-order valence-corrected chi connectivity index (χ0v) is 12.0. The van der Waals surface area contributed by atoms with Gasteiger partial charge in [0, 0.05) is 23.5 Å². The Morgan fingerprint density at radius 2 is 1.89 bits per heavy atom. The molecule has 3 heteroatoms. The van der Waals surface area contributed by atoms with E-state index in [2.05, 4.69) is 50.0 Å². The topological polar surface area (TPSA) is 38.9 Å². The van der Waals surface area contributed by atoms with E-state index in [-0.39, 0.29) is 11.5 Å². The summed E-state index contributed by atoms with van der Waals surface area (Å²) in [6, 6.07) is 8.71. The first-order chi connectivity index (χ1) is 8.47. The lowest BCUT2D eigenvalue weighted by Gasteiger charge is -2.20. The molecule has 1 atom stereocenters. The summed E-state index contributed by atoms with van der Waals surface area (Å²) in [4.78, 5) is 5.32. The minimum atomic E-state index is 0.0551. The minimum Gasteiger partial charge on any atom is -0.324 e. The number of hydrogen-bond donors (Lipinski definition) is 1. The molecule has 0 bridgehead atoms. The van der Waals surface area contributed by atoms with E-state index < -0.39 is 0 Å². The maximum absolute atomic E-state index is 6.22. The van der Waals surface area contributed by atoms with Gasteiger partial charge in [-0.05, 0) is 16.5 Å². The van der Waals surface area contributed by atoms with Crippen molar-refractivity contribution in [2.75, 3.05) is 0 Å². The molecule has 2 aromatic rings. The molecule has 0 fully saturated rings. The highest BCUT2D eigenvalue weighted by Gasteiger charge is 2.14. The number of rotatable bonds is 3. The summed E-state index contributed by atoms with van der Waals surface area (Å²) < 4.78 is 0. The quantitative estimate of drug-likeness (QED) is 0.914. The van der Waals surface area contributed by atoms with Crippen molar-refractivity contribution < 1.29 is 0 Å². The molecule has 1 aromatic heterocycles. The second-order valence-corrected chi connectivity index (χ2v) is 6.62. The van der Waals surface area contributed by atoms with Crippen molar-refractivity contribution in [1.29, 1.82) is 0 Å². The second-order valence-electron chi connectivity index (χ2n) is 5.65. The van der Waals surface area contributed by atoms with E-state index in [4.69, 9.17) is 5.73 Å². The first kappa shape index (κ1) is 13.2. The van der Waals surface area contributed by atoms with Gasteiger partial charge >= 0.3 is 0 Å². The van der Waals surface area contributed by atoms with Crippen molar-refractivity contribution in [3.63, 3.8) is 0 Å². The van der Waals surface area contributed by atoms with Gasteiger partial charge in [0.1, 0.15) is 0 Å². The molecule has 2 nitrogen and oxygen atoms in total. The summed E-state index contributed by atoms with van der Waals surface area (Å²) in [7, 11) is 0. The summed E-state index contributed by atoms with van der Waals surface area (Å²) in [5.41, 5.74) is 10.8. The van der Waals surface area contributed by atoms with Crippen molar-refractivity contribution >= 4 is 11.3 Å². The Bertz CT molecular complexity index is 480. The maximum Gasteiger partial charge on any atom is 0.0794 e. The monoisotopic (exact) mass is 260 g/mol. The van der Waals surface area contributed by atoms with Crippen LogP contribution in [0.3, 0.4) is 0 Å². The lowest BCUT2D eigenvalue weighted by molar-refractivity contribution is 0.589. The third kappa shape index (κ3) is 3.18. The van der Waals surface area contributed by atoms with Gasteiger partial charge in [0.05, 0.1) is 5.51 Å². The van der Waals surface area contributed by atoms with Crippen LogP contribution in [0.4, 0.5) is 0 Å². The van der Waals surface area contributed by atoms with Crippen LogP contribution >= 0.6 is 11.3 Å². The predicted molar refractivity (Wildman–Crippen MR) is 77.9 cm³/mol. The predicted octanol–water partition coefficient (Wildman–Crippen LogP) is 3.68. The lowest BCUT2D eigenvalue weighted by Crippen LogP contribution is -2.14. The highest BCUT2D eigenvalue weighted by molar-refractivity contribution is 7.09. The van der Waals surface area contributed by atoms with Crippen LogP contribution < -0.4 is 5.73 Å². The minimum absolute atomic E-state index is 0.0551. The first-order valence-corrected chi connectivity index (χ1v) is 7.08. The summed E-state index contributed by atoms with van der Waals surface area (Å²) in [6.07, 6.45) is 2.76. The molecule has 0 radical (unpaired) electrons. The zero-order valence-electron chi connectivity index (χ0n) is 11.2. The highest BCUT2D eigenvalue weighted by Crippen LogP contribution is 2.24. The molecule has 1 aromatic carbocycles. The van der Waals surface area contributed by atoms with Crippen LogP contribution in [0.15, 0.2) is 36.0 Å². The number of nitrogens with two attached hydrogens (primary N) is 1. The fourth-order valence-corrected chi connectivity index (χ4v) is 2.56. The van der Waals surface area contributed by atoms with Crippen molar-refractivity contribution in [3.8, 4) is 0 Å². The number of hydrogen-bond acceptors (Lipinski definition) is 3.